The Labute approximate surface area is 84.1 Å². The Morgan fingerprint density at radius 2 is 1.43 bits per heavy atom. The third kappa shape index (κ3) is 4.31. The van der Waals surface area contributed by atoms with Gasteiger partial charge in [-0.1, -0.05) is 13.8 Å². The van der Waals surface area contributed by atoms with Gasteiger partial charge in [-0.3, -0.25) is 0 Å². The second kappa shape index (κ2) is 6.27. The summed E-state index contributed by atoms with van der Waals surface area (Å²) in [4.78, 5) is 0. The first-order valence-electron chi connectivity index (χ1n) is 5.28. The zero-order valence-electron chi connectivity index (χ0n) is 9.12. The van der Waals surface area contributed by atoms with Gasteiger partial charge in [-0.15, -0.1) is 0 Å². The molecule has 0 aromatic heterocycles. The van der Waals surface area contributed by atoms with E-state index in [0.717, 1.165) is 0 Å². The molecule has 0 aromatic carbocycles. The smallest absolute Gasteiger partial charge is 0.317 e. The summed E-state index contributed by atoms with van der Waals surface area (Å²) >= 11 is 0. The van der Waals surface area contributed by atoms with E-state index in [9.17, 15) is 13.2 Å². The van der Waals surface area contributed by atoms with Crippen LogP contribution in [-0.2, 0) is 0 Å². The van der Waals surface area contributed by atoms with Gasteiger partial charge in [-0.25, -0.2) is 0 Å². The van der Waals surface area contributed by atoms with Gasteiger partial charge in [0.2, 0.25) is 0 Å². The predicted octanol–water partition coefficient (Wildman–Crippen LogP) is 3.35. The summed E-state index contributed by atoms with van der Waals surface area (Å²) < 4.78 is 36.5. The number of halogens is 3. The van der Waals surface area contributed by atoms with Crippen molar-refractivity contribution in [2.24, 2.45) is 5.92 Å². The molecular formula is C10H20F3N. The van der Waals surface area contributed by atoms with Crippen LogP contribution in [0.25, 0.3) is 0 Å². The van der Waals surface area contributed by atoms with Gasteiger partial charge in [0.05, 0.1) is 5.92 Å². The van der Waals surface area contributed by atoms with Crippen LogP contribution in [0.5, 0.6) is 0 Å². The highest BCUT2D eigenvalue weighted by Gasteiger charge is 2.40. The molecule has 0 aliphatic heterocycles. The minimum atomic E-state index is -3.97. The van der Waals surface area contributed by atoms with Crippen LogP contribution in [0.1, 0.15) is 39.5 Å². The molecule has 0 heterocycles. The summed E-state index contributed by atoms with van der Waals surface area (Å²) in [6, 6.07) is 0.295. The van der Waals surface area contributed by atoms with Crippen LogP contribution in [0, 0.1) is 5.92 Å². The maximum absolute atomic E-state index is 12.2. The summed E-state index contributed by atoms with van der Waals surface area (Å²) in [6.45, 7) is 4.00. The van der Waals surface area contributed by atoms with E-state index in [-0.39, 0.29) is 12.8 Å². The zero-order chi connectivity index (χ0) is 11.2. The van der Waals surface area contributed by atoms with Crippen molar-refractivity contribution in [2.45, 2.75) is 51.7 Å². The average molecular weight is 211 g/mol. The Hall–Kier alpha value is -0.250. The third-order valence-electron chi connectivity index (χ3n) is 2.60. The van der Waals surface area contributed by atoms with Crippen LogP contribution in [-0.4, -0.2) is 19.3 Å². The van der Waals surface area contributed by atoms with Gasteiger partial charge in [0.1, 0.15) is 0 Å². The Morgan fingerprint density at radius 3 is 1.71 bits per heavy atom. The van der Waals surface area contributed by atoms with E-state index in [1.54, 1.807) is 7.05 Å². The maximum atomic E-state index is 12.2. The summed E-state index contributed by atoms with van der Waals surface area (Å²) in [7, 11) is 1.80. The molecule has 14 heavy (non-hydrogen) atoms. The lowest BCUT2D eigenvalue weighted by atomic mass is 9.86. The van der Waals surface area contributed by atoms with Crippen LogP contribution in [0.15, 0.2) is 0 Å². The van der Waals surface area contributed by atoms with Gasteiger partial charge in [0.25, 0.3) is 0 Å². The Balaban J connectivity index is 0.000000791. The van der Waals surface area contributed by atoms with Gasteiger partial charge in [-0.05, 0) is 32.7 Å². The van der Waals surface area contributed by atoms with Gasteiger partial charge < -0.3 is 5.32 Å². The minimum Gasteiger partial charge on any atom is -0.317 e. The van der Waals surface area contributed by atoms with Gasteiger partial charge in [-0.2, -0.15) is 13.2 Å². The lowest BCUT2D eigenvalue weighted by Crippen LogP contribution is -2.35. The summed E-state index contributed by atoms with van der Waals surface area (Å²) in [5, 5.41) is 3.01. The molecule has 0 bridgehead atoms. The van der Waals surface area contributed by atoms with Crippen molar-refractivity contribution in [2.75, 3.05) is 7.05 Å². The molecule has 1 rings (SSSR count). The first-order chi connectivity index (χ1) is 6.54. The first-order valence-corrected chi connectivity index (χ1v) is 5.28. The quantitative estimate of drug-likeness (QED) is 0.701. The van der Waals surface area contributed by atoms with E-state index < -0.39 is 12.1 Å². The molecule has 1 saturated carbocycles. The fourth-order valence-electron chi connectivity index (χ4n) is 1.71. The van der Waals surface area contributed by atoms with Crippen molar-refractivity contribution in [1.29, 1.82) is 0 Å². The number of rotatable bonds is 1. The van der Waals surface area contributed by atoms with Crippen LogP contribution in [0.3, 0.4) is 0 Å². The Kier molecular flexibility index (Phi) is 6.16. The van der Waals surface area contributed by atoms with Crippen LogP contribution in [0.4, 0.5) is 13.2 Å². The van der Waals surface area contributed by atoms with Crippen LogP contribution >= 0.6 is 0 Å². The van der Waals surface area contributed by atoms with E-state index >= 15 is 0 Å². The SMILES string of the molecule is CC.CNC1CCC(C(F)(F)F)CC1. The molecule has 0 atom stereocenters. The normalized spacial score (nSPS) is 27.9. The van der Waals surface area contributed by atoms with Crippen molar-refractivity contribution in [3.8, 4) is 0 Å². The molecule has 0 spiro atoms. The number of hydrogen-bond donors (Lipinski definition) is 1. The molecule has 0 aromatic rings. The van der Waals surface area contributed by atoms with Gasteiger partial charge in [0.15, 0.2) is 0 Å². The fourth-order valence-corrected chi connectivity index (χ4v) is 1.71. The van der Waals surface area contributed by atoms with E-state index in [2.05, 4.69) is 5.32 Å². The molecule has 1 aliphatic carbocycles. The molecule has 86 valence electrons. The largest absolute Gasteiger partial charge is 0.391 e. The predicted molar refractivity (Wildman–Crippen MR) is 52.2 cm³/mol. The third-order valence-corrected chi connectivity index (χ3v) is 2.60. The zero-order valence-corrected chi connectivity index (χ0v) is 9.12. The summed E-state index contributed by atoms with van der Waals surface area (Å²) in [6.07, 6.45) is -2.09. The highest BCUT2D eigenvalue weighted by molar-refractivity contribution is 4.79. The van der Waals surface area contributed by atoms with Crippen molar-refractivity contribution in [1.82, 2.24) is 5.32 Å². The van der Waals surface area contributed by atoms with E-state index in [4.69, 9.17) is 0 Å². The lowest BCUT2D eigenvalue weighted by molar-refractivity contribution is -0.182. The molecular weight excluding hydrogens is 191 g/mol. The van der Waals surface area contributed by atoms with Crippen molar-refractivity contribution >= 4 is 0 Å². The second-order valence-electron chi connectivity index (χ2n) is 3.38. The van der Waals surface area contributed by atoms with E-state index in [1.807, 2.05) is 13.8 Å². The maximum Gasteiger partial charge on any atom is 0.391 e. The van der Waals surface area contributed by atoms with Crippen molar-refractivity contribution in [3.63, 3.8) is 0 Å². The van der Waals surface area contributed by atoms with Gasteiger partial charge >= 0.3 is 6.18 Å². The summed E-state index contributed by atoms with van der Waals surface area (Å²) in [5.41, 5.74) is 0. The second-order valence-corrected chi connectivity index (χ2v) is 3.38. The Bertz CT molecular complexity index is 137. The molecule has 1 aliphatic rings. The van der Waals surface area contributed by atoms with Gasteiger partial charge in [0, 0.05) is 6.04 Å². The molecule has 1 N–H and O–H groups in total. The standard InChI is InChI=1S/C8H14F3N.C2H6/c1-12-7-4-2-6(3-5-7)8(9,10)11;1-2/h6-7,12H,2-5H2,1H3;1-2H3. The fraction of sp³-hybridized carbons (Fsp3) is 1.00. The monoisotopic (exact) mass is 211 g/mol. The molecule has 4 heteroatoms. The van der Waals surface area contributed by atoms with E-state index in [1.165, 1.54) is 0 Å². The molecule has 1 fully saturated rings. The average Bonchev–Trinajstić information content (AvgIpc) is 2.20. The Morgan fingerprint density at radius 1 is 1.00 bits per heavy atom. The van der Waals surface area contributed by atoms with Crippen LogP contribution in [0.2, 0.25) is 0 Å². The molecule has 0 unspecified atom stereocenters. The molecule has 0 radical (unpaired) electrons. The summed E-state index contributed by atoms with van der Waals surface area (Å²) in [5.74, 6) is -1.05. The van der Waals surface area contributed by atoms with Crippen molar-refractivity contribution in [3.05, 3.63) is 0 Å². The highest BCUT2D eigenvalue weighted by Crippen LogP contribution is 2.37. The number of hydrogen-bond acceptors (Lipinski definition) is 1. The molecule has 0 saturated heterocycles. The van der Waals surface area contributed by atoms with Crippen LogP contribution < -0.4 is 5.32 Å². The topological polar surface area (TPSA) is 12.0 Å². The molecule has 1 nitrogen and oxygen atoms in total. The lowest BCUT2D eigenvalue weighted by Gasteiger charge is -2.29. The van der Waals surface area contributed by atoms with E-state index in [0.29, 0.717) is 18.9 Å². The highest BCUT2D eigenvalue weighted by atomic mass is 19.4. The first kappa shape index (κ1) is 13.8. The number of alkyl halides is 3. The number of nitrogens with one attached hydrogen (secondary N) is 1. The minimum absolute atomic E-state index is 0.287. The van der Waals surface area contributed by atoms with Crippen molar-refractivity contribution < 1.29 is 13.2 Å². The molecule has 0 amide bonds.